The van der Waals surface area contributed by atoms with Crippen molar-refractivity contribution in [2.75, 3.05) is 18.5 Å². The van der Waals surface area contributed by atoms with Gasteiger partial charge in [-0.05, 0) is 18.6 Å². The lowest BCUT2D eigenvalue weighted by Gasteiger charge is -2.20. The van der Waals surface area contributed by atoms with Gasteiger partial charge in [0.05, 0.1) is 5.69 Å². The van der Waals surface area contributed by atoms with Crippen LogP contribution in [0.4, 0.5) is 5.69 Å². The maximum Gasteiger partial charge on any atom is 0.142 e. The number of aryl methyl sites for hydroxylation is 1. The van der Waals surface area contributed by atoms with Gasteiger partial charge in [-0.2, -0.15) is 0 Å². The lowest BCUT2D eigenvalue weighted by molar-refractivity contribution is 0.323. The van der Waals surface area contributed by atoms with Crippen LogP contribution in [-0.2, 0) is 0 Å². The van der Waals surface area contributed by atoms with Crippen molar-refractivity contribution in [3.05, 3.63) is 23.8 Å². The van der Waals surface area contributed by atoms with E-state index in [0.717, 1.165) is 24.6 Å². The van der Waals surface area contributed by atoms with Gasteiger partial charge in [0.1, 0.15) is 12.4 Å². The van der Waals surface area contributed by atoms with Crippen molar-refractivity contribution in [2.24, 2.45) is 0 Å². The van der Waals surface area contributed by atoms with Crippen molar-refractivity contribution >= 4 is 5.69 Å². The van der Waals surface area contributed by atoms with Crippen LogP contribution in [-0.4, -0.2) is 13.2 Å². The molecule has 1 aliphatic heterocycles. The predicted octanol–water partition coefficient (Wildman–Crippen LogP) is 2.83. The van der Waals surface area contributed by atoms with Crippen LogP contribution in [0.5, 0.6) is 5.75 Å². The maximum atomic E-state index is 5.44. The van der Waals surface area contributed by atoms with Crippen LogP contribution in [0.15, 0.2) is 18.2 Å². The molecular weight excluding hydrogens is 162 g/mol. The molecule has 0 fully saturated rings. The minimum atomic E-state index is 0.774. The molecule has 0 aromatic heterocycles. The summed E-state index contributed by atoms with van der Waals surface area (Å²) in [5.74, 6) is 0.983. The van der Waals surface area contributed by atoms with Crippen molar-refractivity contribution in [3.63, 3.8) is 0 Å². The van der Waals surface area contributed by atoms with Gasteiger partial charge >= 0.3 is 0 Å². The maximum absolute atomic E-state index is 5.44. The van der Waals surface area contributed by atoms with E-state index < -0.39 is 0 Å². The number of hydrogen-bond acceptors (Lipinski definition) is 2. The highest BCUT2D eigenvalue weighted by Crippen LogP contribution is 2.29. The molecule has 0 unspecified atom stereocenters. The minimum absolute atomic E-state index is 0.774. The summed E-state index contributed by atoms with van der Waals surface area (Å²) in [4.78, 5) is 0. The van der Waals surface area contributed by atoms with E-state index in [1.165, 1.54) is 5.56 Å². The van der Waals surface area contributed by atoms with Crippen LogP contribution in [0.25, 0.3) is 0 Å². The fourth-order valence-electron chi connectivity index (χ4n) is 1.32. The number of hydrogen-bond donors (Lipinski definition) is 1. The van der Waals surface area contributed by atoms with Gasteiger partial charge in [-0.1, -0.05) is 26.0 Å². The van der Waals surface area contributed by atoms with Crippen molar-refractivity contribution < 1.29 is 4.74 Å². The lowest BCUT2D eigenvalue weighted by Crippen LogP contribution is -2.18. The van der Waals surface area contributed by atoms with E-state index in [1.807, 2.05) is 26.0 Å². The Hall–Kier alpha value is -1.18. The van der Waals surface area contributed by atoms with Gasteiger partial charge in [0.25, 0.3) is 0 Å². The normalized spacial score (nSPS) is 12.8. The molecule has 1 aliphatic rings. The number of benzene rings is 1. The highest BCUT2D eigenvalue weighted by atomic mass is 16.5. The second kappa shape index (κ2) is 4.75. The summed E-state index contributed by atoms with van der Waals surface area (Å²) in [5.41, 5.74) is 2.40. The number of para-hydroxylation sites is 1. The molecule has 0 saturated carbocycles. The predicted molar refractivity (Wildman–Crippen MR) is 56.5 cm³/mol. The molecule has 72 valence electrons. The molecule has 0 spiro atoms. The molecule has 0 aliphatic carbocycles. The second-order valence-corrected chi connectivity index (χ2v) is 2.72. The zero-order chi connectivity index (χ0) is 9.68. The molecule has 0 radical (unpaired) electrons. The number of anilines is 1. The summed E-state index contributed by atoms with van der Waals surface area (Å²) in [6.45, 7) is 7.77. The quantitative estimate of drug-likeness (QED) is 0.661. The molecule has 0 bridgehead atoms. The second-order valence-electron chi connectivity index (χ2n) is 2.72. The van der Waals surface area contributed by atoms with Gasteiger partial charge in [-0.25, -0.2) is 0 Å². The van der Waals surface area contributed by atoms with E-state index in [4.69, 9.17) is 4.74 Å². The third kappa shape index (κ3) is 2.14. The number of nitrogens with one attached hydrogen (secondary N) is 1. The van der Waals surface area contributed by atoms with E-state index in [-0.39, 0.29) is 0 Å². The third-order valence-electron chi connectivity index (χ3n) is 1.90. The molecule has 1 aromatic rings. The molecule has 2 rings (SSSR count). The first kappa shape index (κ1) is 9.90. The summed E-state index contributed by atoms with van der Waals surface area (Å²) in [6.07, 6.45) is 0. The van der Waals surface area contributed by atoms with Crippen molar-refractivity contribution in [1.29, 1.82) is 0 Å². The van der Waals surface area contributed by atoms with Crippen LogP contribution < -0.4 is 10.1 Å². The Labute approximate surface area is 79.9 Å². The van der Waals surface area contributed by atoms with Gasteiger partial charge in [0.2, 0.25) is 0 Å². The highest BCUT2D eigenvalue weighted by molar-refractivity contribution is 5.62. The highest BCUT2D eigenvalue weighted by Gasteiger charge is 2.09. The fraction of sp³-hybridized carbons (Fsp3) is 0.455. The number of fused-ring (bicyclic) bond motifs is 1. The first-order valence-electron chi connectivity index (χ1n) is 4.84. The van der Waals surface area contributed by atoms with E-state index >= 15 is 0 Å². The summed E-state index contributed by atoms with van der Waals surface area (Å²) in [5, 5.41) is 3.31. The molecule has 0 amide bonds. The van der Waals surface area contributed by atoms with Gasteiger partial charge in [0, 0.05) is 6.54 Å². The minimum Gasteiger partial charge on any atom is -0.490 e. The van der Waals surface area contributed by atoms with Crippen molar-refractivity contribution in [1.82, 2.24) is 0 Å². The Bertz CT molecular complexity index is 271. The summed E-state index contributed by atoms with van der Waals surface area (Å²) >= 11 is 0. The lowest BCUT2D eigenvalue weighted by atomic mass is 10.1. The largest absolute Gasteiger partial charge is 0.490 e. The molecule has 0 saturated heterocycles. The Morgan fingerprint density at radius 3 is 2.77 bits per heavy atom. The Morgan fingerprint density at radius 1 is 1.31 bits per heavy atom. The first-order chi connectivity index (χ1) is 6.38. The average Bonchev–Trinajstić information content (AvgIpc) is 2.22. The molecule has 2 nitrogen and oxygen atoms in total. The average molecular weight is 179 g/mol. The SMILES string of the molecule is CC.Cc1cccc2c1NCCO2. The number of ether oxygens (including phenoxy) is 1. The fourth-order valence-corrected chi connectivity index (χ4v) is 1.32. The van der Waals surface area contributed by atoms with Crippen molar-refractivity contribution in [3.8, 4) is 5.75 Å². The first-order valence-corrected chi connectivity index (χ1v) is 4.84. The zero-order valence-electron chi connectivity index (χ0n) is 8.55. The van der Waals surface area contributed by atoms with E-state index in [9.17, 15) is 0 Å². The van der Waals surface area contributed by atoms with Crippen molar-refractivity contribution in [2.45, 2.75) is 20.8 Å². The third-order valence-corrected chi connectivity index (χ3v) is 1.90. The van der Waals surface area contributed by atoms with Crippen LogP contribution >= 0.6 is 0 Å². The summed E-state index contributed by atoms with van der Waals surface area (Å²) in [6, 6.07) is 6.09. The van der Waals surface area contributed by atoms with Gasteiger partial charge in [0.15, 0.2) is 0 Å². The Balaban J connectivity index is 0.000000396. The zero-order valence-corrected chi connectivity index (χ0v) is 8.55. The molecule has 0 atom stereocenters. The molecule has 1 N–H and O–H groups in total. The van der Waals surface area contributed by atoms with E-state index in [2.05, 4.69) is 18.3 Å². The van der Waals surface area contributed by atoms with E-state index in [1.54, 1.807) is 0 Å². The smallest absolute Gasteiger partial charge is 0.142 e. The monoisotopic (exact) mass is 179 g/mol. The van der Waals surface area contributed by atoms with Crippen LogP contribution in [0.1, 0.15) is 19.4 Å². The summed E-state index contributed by atoms with van der Waals surface area (Å²) < 4.78 is 5.44. The molecule has 13 heavy (non-hydrogen) atoms. The standard InChI is InChI=1S/C9H11NO.C2H6/c1-7-3-2-4-8-9(7)10-5-6-11-8;1-2/h2-4,10H,5-6H2,1H3;1-2H3. The van der Waals surface area contributed by atoms with Gasteiger partial charge < -0.3 is 10.1 Å². The summed E-state index contributed by atoms with van der Waals surface area (Å²) in [7, 11) is 0. The molecular formula is C11H17NO. The number of rotatable bonds is 0. The van der Waals surface area contributed by atoms with E-state index in [0.29, 0.717) is 0 Å². The van der Waals surface area contributed by atoms with Crippen LogP contribution in [0.3, 0.4) is 0 Å². The van der Waals surface area contributed by atoms with Gasteiger partial charge in [-0.15, -0.1) is 0 Å². The molecule has 1 heterocycles. The molecule has 2 heteroatoms. The Kier molecular flexibility index (Phi) is 3.62. The van der Waals surface area contributed by atoms with Crippen LogP contribution in [0, 0.1) is 6.92 Å². The van der Waals surface area contributed by atoms with Gasteiger partial charge in [-0.3, -0.25) is 0 Å². The van der Waals surface area contributed by atoms with Crippen LogP contribution in [0.2, 0.25) is 0 Å². The topological polar surface area (TPSA) is 21.3 Å². The molecule has 1 aromatic carbocycles. The Morgan fingerprint density at radius 2 is 2.08 bits per heavy atom.